The van der Waals surface area contributed by atoms with E-state index in [1.165, 1.54) is 0 Å². The third-order valence-electron chi connectivity index (χ3n) is 6.13. The Bertz CT molecular complexity index is 1390. The Morgan fingerprint density at radius 3 is 2.72 bits per heavy atom. The average molecular weight is 493 g/mol. The van der Waals surface area contributed by atoms with Crippen molar-refractivity contribution in [2.45, 2.75) is 20.0 Å². The number of methoxy groups -OCH3 is 1. The maximum absolute atomic E-state index is 13.0. The molecule has 0 aliphatic carbocycles. The summed E-state index contributed by atoms with van der Waals surface area (Å²) in [5.74, 6) is 2.20. The molecule has 13 heteroatoms. The van der Waals surface area contributed by atoms with Gasteiger partial charge in [0.25, 0.3) is 5.91 Å². The van der Waals surface area contributed by atoms with Crippen molar-refractivity contribution >= 4 is 28.7 Å². The summed E-state index contributed by atoms with van der Waals surface area (Å²) >= 11 is 0. The summed E-state index contributed by atoms with van der Waals surface area (Å²) in [5.41, 5.74) is 8.63. The number of likely N-dealkylation sites (N-methyl/N-ethyl adjacent to an activating group) is 1. The highest BCUT2D eigenvalue weighted by atomic mass is 16.5. The molecule has 0 atom stereocenters. The van der Waals surface area contributed by atoms with E-state index in [2.05, 4.69) is 42.5 Å². The Kier molecular flexibility index (Phi) is 6.38. The first-order valence-electron chi connectivity index (χ1n) is 11.6. The number of carbonyl (C=O) groups is 1. The summed E-state index contributed by atoms with van der Waals surface area (Å²) in [6.45, 7) is 5.54. The number of amides is 1. The van der Waals surface area contributed by atoms with E-state index in [0.29, 0.717) is 66.1 Å². The van der Waals surface area contributed by atoms with Gasteiger partial charge in [0.2, 0.25) is 11.8 Å². The van der Waals surface area contributed by atoms with Gasteiger partial charge >= 0.3 is 0 Å². The number of piperazine rings is 1. The van der Waals surface area contributed by atoms with E-state index in [1.54, 1.807) is 31.0 Å². The predicted octanol–water partition coefficient (Wildman–Crippen LogP) is 1.16. The molecular formula is C23H28N10O3. The van der Waals surface area contributed by atoms with Gasteiger partial charge in [0.15, 0.2) is 11.6 Å². The quantitative estimate of drug-likeness (QED) is 0.382. The minimum absolute atomic E-state index is 0.00422. The van der Waals surface area contributed by atoms with Crippen LogP contribution in [-0.4, -0.2) is 85.9 Å². The molecule has 36 heavy (non-hydrogen) atoms. The molecule has 0 radical (unpaired) electrons. The topological polar surface area (TPSA) is 153 Å². The van der Waals surface area contributed by atoms with Gasteiger partial charge in [-0.1, -0.05) is 11.2 Å². The lowest BCUT2D eigenvalue weighted by atomic mass is 10.1. The molecule has 4 aromatic rings. The van der Waals surface area contributed by atoms with Crippen molar-refractivity contribution in [2.24, 2.45) is 0 Å². The number of benzene rings is 1. The van der Waals surface area contributed by atoms with Crippen LogP contribution < -0.4 is 15.8 Å². The number of anilines is 2. The van der Waals surface area contributed by atoms with Crippen LogP contribution in [0.5, 0.6) is 5.75 Å². The second-order valence-electron chi connectivity index (χ2n) is 8.67. The zero-order chi connectivity index (χ0) is 25.2. The molecule has 13 nitrogen and oxygen atoms in total. The zero-order valence-electron chi connectivity index (χ0n) is 20.4. The van der Waals surface area contributed by atoms with Crippen LogP contribution in [0.25, 0.3) is 11.0 Å². The summed E-state index contributed by atoms with van der Waals surface area (Å²) in [5, 5.41) is 11.6. The van der Waals surface area contributed by atoms with Gasteiger partial charge in [0.05, 0.1) is 26.4 Å². The number of nitrogen functional groups attached to an aromatic ring is 1. The van der Waals surface area contributed by atoms with E-state index >= 15 is 0 Å². The van der Waals surface area contributed by atoms with Crippen LogP contribution in [0.2, 0.25) is 0 Å². The number of nitrogens with two attached hydrogens (primary N) is 1. The van der Waals surface area contributed by atoms with Crippen LogP contribution in [0.4, 0.5) is 11.8 Å². The van der Waals surface area contributed by atoms with Gasteiger partial charge in [-0.2, -0.15) is 15.1 Å². The number of rotatable bonds is 7. The number of ether oxygens (including phenoxy) is 1. The molecule has 3 aromatic heterocycles. The number of nitrogens with one attached hydrogen (secondary N) is 1. The van der Waals surface area contributed by atoms with E-state index < -0.39 is 0 Å². The number of aromatic nitrogens is 6. The SMILES string of the molecule is COc1cc(C(=O)N2CCN(C)CC2)ccc1Cn1ncc2nc(N)nc(NCc3noc(C)n3)c21. The predicted molar refractivity (Wildman–Crippen MR) is 132 cm³/mol. The molecule has 4 heterocycles. The first kappa shape index (κ1) is 23.5. The van der Waals surface area contributed by atoms with Gasteiger partial charge in [0.1, 0.15) is 16.8 Å². The lowest BCUT2D eigenvalue weighted by molar-refractivity contribution is 0.0663. The van der Waals surface area contributed by atoms with Crippen LogP contribution in [0.15, 0.2) is 28.9 Å². The smallest absolute Gasteiger partial charge is 0.254 e. The van der Waals surface area contributed by atoms with Gasteiger partial charge in [-0.3, -0.25) is 9.48 Å². The third-order valence-corrected chi connectivity index (χ3v) is 6.13. The van der Waals surface area contributed by atoms with Crippen molar-refractivity contribution in [3.8, 4) is 5.75 Å². The molecule has 5 rings (SSSR count). The van der Waals surface area contributed by atoms with Crippen LogP contribution in [0.3, 0.4) is 0 Å². The molecule has 1 amide bonds. The van der Waals surface area contributed by atoms with Crippen molar-refractivity contribution < 1.29 is 14.1 Å². The first-order valence-corrected chi connectivity index (χ1v) is 11.6. The second kappa shape index (κ2) is 9.77. The number of hydrogen-bond donors (Lipinski definition) is 2. The molecule has 0 bridgehead atoms. The highest BCUT2D eigenvalue weighted by Gasteiger charge is 2.22. The fourth-order valence-electron chi connectivity index (χ4n) is 4.20. The Balaban J connectivity index is 1.40. The van der Waals surface area contributed by atoms with E-state index in [4.69, 9.17) is 15.0 Å². The summed E-state index contributed by atoms with van der Waals surface area (Å²) < 4.78 is 12.4. The fourth-order valence-corrected chi connectivity index (χ4v) is 4.20. The van der Waals surface area contributed by atoms with Crippen molar-refractivity contribution in [2.75, 3.05) is 51.4 Å². The molecule has 1 aromatic carbocycles. The number of carbonyl (C=O) groups excluding carboxylic acids is 1. The Labute approximate surface area is 207 Å². The average Bonchev–Trinajstić information content (AvgIpc) is 3.48. The number of fused-ring (bicyclic) bond motifs is 1. The van der Waals surface area contributed by atoms with Crippen molar-refractivity contribution in [1.82, 2.24) is 39.7 Å². The van der Waals surface area contributed by atoms with Crippen LogP contribution in [0, 0.1) is 6.92 Å². The summed E-state index contributed by atoms with van der Waals surface area (Å²) in [6, 6.07) is 5.51. The van der Waals surface area contributed by atoms with Crippen LogP contribution >= 0.6 is 0 Å². The summed E-state index contributed by atoms with van der Waals surface area (Å²) in [4.78, 5) is 30.0. The van der Waals surface area contributed by atoms with E-state index in [0.717, 1.165) is 18.7 Å². The molecule has 0 unspecified atom stereocenters. The third kappa shape index (κ3) is 4.77. The molecule has 0 spiro atoms. The van der Waals surface area contributed by atoms with Gasteiger partial charge in [-0.05, 0) is 19.2 Å². The molecule has 3 N–H and O–H groups in total. The normalized spacial score (nSPS) is 14.4. The second-order valence-corrected chi connectivity index (χ2v) is 8.67. The van der Waals surface area contributed by atoms with Crippen molar-refractivity contribution in [1.29, 1.82) is 0 Å². The maximum atomic E-state index is 13.0. The summed E-state index contributed by atoms with van der Waals surface area (Å²) in [7, 11) is 3.65. The molecule has 1 aliphatic heterocycles. The summed E-state index contributed by atoms with van der Waals surface area (Å²) in [6.07, 6.45) is 1.63. The molecular weight excluding hydrogens is 464 g/mol. The van der Waals surface area contributed by atoms with E-state index in [1.807, 2.05) is 17.0 Å². The van der Waals surface area contributed by atoms with Crippen LogP contribution in [0.1, 0.15) is 27.6 Å². The standard InChI is InChI=1S/C23H28N10O3/c1-14-27-19(30-36-14)12-25-21-20-17(28-23(24)29-21)11-26-33(20)13-16-5-4-15(10-18(16)35-3)22(34)32-8-6-31(2)7-9-32/h4-5,10-11H,6-9,12-13H2,1-3H3,(H3,24,25,28,29). The fraction of sp³-hybridized carbons (Fsp3) is 0.391. The van der Waals surface area contributed by atoms with E-state index in [9.17, 15) is 4.79 Å². The first-order chi connectivity index (χ1) is 17.4. The monoisotopic (exact) mass is 492 g/mol. The van der Waals surface area contributed by atoms with Gasteiger partial charge < -0.3 is 30.1 Å². The van der Waals surface area contributed by atoms with Crippen LogP contribution in [-0.2, 0) is 13.1 Å². The van der Waals surface area contributed by atoms with Gasteiger partial charge in [-0.25, -0.2) is 4.98 Å². The Hall–Kier alpha value is -4.26. The lowest BCUT2D eigenvalue weighted by Gasteiger charge is -2.32. The largest absolute Gasteiger partial charge is 0.496 e. The van der Waals surface area contributed by atoms with Crippen molar-refractivity contribution in [3.63, 3.8) is 0 Å². The highest BCUT2D eigenvalue weighted by Crippen LogP contribution is 2.26. The minimum atomic E-state index is 0.00422. The molecule has 1 aliphatic rings. The lowest BCUT2D eigenvalue weighted by Crippen LogP contribution is -2.47. The minimum Gasteiger partial charge on any atom is -0.496 e. The molecule has 1 fully saturated rings. The molecule has 1 saturated heterocycles. The number of hydrogen-bond acceptors (Lipinski definition) is 11. The Morgan fingerprint density at radius 2 is 2.00 bits per heavy atom. The number of nitrogens with zero attached hydrogens (tertiary/aromatic N) is 8. The van der Waals surface area contributed by atoms with Gasteiger partial charge in [-0.15, -0.1) is 0 Å². The van der Waals surface area contributed by atoms with Gasteiger partial charge in [0, 0.05) is 44.2 Å². The Morgan fingerprint density at radius 1 is 1.19 bits per heavy atom. The highest BCUT2D eigenvalue weighted by molar-refractivity contribution is 5.95. The molecule has 0 saturated carbocycles. The van der Waals surface area contributed by atoms with E-state index in [-0.39, 0.29) is 11.9 Å². The van der Waals surface area contributed by atoms with Crippen molar-refractivity contribution in [3.05, 3.63) is 47.2 Å². The maximum Gasteiger partial charge on any atom is 0.254 e. The number of aryl methyl sites for hydroxylation is 1. The molecule has 188 valence electrons. The zero-order valence-corrected chi connectivity index (χ0v) is 20.4.